The first-order valence-electron chi connectivity index (χ1n) is 5.55. The normalized spacial score (nSPS) is 25.3. The molecule has 0 spiro atoms. The van der Waals surface area contributed by atoms with E-state index in [1.165, 1.54) is 12.8 Å². The summed E-state index contributed by atoms with van der Waals surface area (Å²) in [5.74, 6) is 0.475. The second kappa shape index (κ2) is 5.78. The number of rotatable bonds is 5. The number of unbranched alkanes of at least 4 members (excludes halogenated alkanes) is 2. The highest BCUT2D eigenvalue weighted by molar-refractivity contribution is 5.85. The monoisotopic (exact) mass is 196 g/mol. The van der Waals surface area contributed by atoms with E-state index in [0.29, 0.717) is 5.92 Å². The van der Waals surface area contributed by atoms with Crippen molar-refractivity contribution in [2.24, 2.45) is 10.9 Å². The van der Waals surface area contributed by atoms with E-state index in [2.05, 4.69) is 24.2 Å². The van der Waals surface area contributed by atoms with Gasteiger partial charge < -0.3 is 5.32 Å². The molecule has 3 heteroatoms. The minimum absolute atomic E-state index is 0.0994. The maximum Gasteiger partial charge on any atom is 0.245 e. The third-order valence-corrected chi connectivity index (χ3v) is 2.63. The van der Waals surface area contributed by atoms with Crippen molar-refractivity contribution in [2.75, 3.05) is 6.54 Å². The highest BCUT2D eigenvalue weighted by Gasteiger charge is 2.26. The van der Waals surface area contributed by atoms with Gasteiger partial charge in [-0.25, -0.2) is 0 Å². The van der Waals surface area contributed by atoms with Crippen LogP contribution >= 0.6 is 0 Å². The molecule has 0 aromatic carbocycles. The van der Waals surface area contributed by atoms with Gasteiger partial charge >= 0.3 is 0 Å². The Hall–Kier alpha value is -0.860. The fourth-order valence-electron chi connectivity index (χ4n) is 1.63. The molecule has 0 radical (unpaired) electrons. The average molecular weight is 196 g/mol. The number of carbonyl (C=O) groups is 1. The molecule has 1 N–H and O–H groups in total. The molecule has 1 rings (SSSR count). The second-order valence-electron chi connectivity index (χ2n) is 3.99. The topological polar surface area (TPSA) is 41.5 Å². The van der Waals surface area contributed by atoms with E-state index in [0.717, 1.165) is 19.4 Å². The Bertz CT molecular complexity index is 213. The zero-order valence-corrected chi connectivity index (χ0v) is 9.12. The summed E-state index contributed by atoms with van der Waals surface area (Å²) in [6.45, 7) is 5.03. The average Bonchev–Trinajstić information content (AvgIpc) is 2.59. The zero-order valence-electron chi connectivity index (χ0n) is 9.12. The number of aliphatic imine (C=N–C) groups is 1. The zero-order chi connectivity index (χ0) is 10.4. The van der Waals surface area contributed by atoms with Crippen LogP contribution in [-0.4, -0.2) is 24.7 Å². The van der Waals surface area contributed by atoms with Crippen LogP contribution in [0.1, 0.15) is 39.5 Å². The van der Waals surface area contributed by atoms with Gasteiger partial charge in [0.05, 0.1) is 0 Å². The summed E-state index contributed by atoms with van der Waals surface area (Å²) in [5, 5.41) is 2.94. The standard InChI is InChI=1S/C11H20N2O/c1-3-4-5-7-13-11(14)10-9(2)6-8-12-10/h8-10H,3-7H2,1-2H3,(H,13,14). The lowest BCUT2D eigenvalue weighted by molar-refractivity contribution is -0.123. The summed E-state index contributed by atoms with van der Waals surface area (Å²) in [5.41, 5.74) is 0. The van der Waals surface area contributed by atoms with E-state index in [-0.39, 0.29) is 11.9 Å². The predicted molar refractivity (Wildman–Crippen MR) is 58.6 cm³/mol. The minimum Gasteiger partial charge on any atom is -0.354 e. The van der Waals surface area contributed by atoms with Crippen molar-refractivity contribution in [3.63, 3.8) is 0 Å². The fourth-order valence-corrected chi connectivity index (χ4v) is 1.63. The summed E-state index contributed by atoms with van der Waals surface area (Å²) in [6, 6.07) is -0.128. The van der Waals surface area contributed by atoms with Gasteiger partial charge in [-0.2, -0.15) is 0 Å². The number of carbonyl (C=O) groups excluding carboxylic acids is 1. The van der Waals surface area contributed by atoms with Gasteiger partial charge in [-0.15, -0.1) is 0 Å². The molecule has 1 aliphatic heterocycles. The quantitative estimate of drug-likeness (QED) is 0.669. The molecule has 0 saturated carbocycles. The molecule has 0 saturated heterocycles. The molecule has 3 nitrogen and oxygen atoms in total. The molecule has 0 fully saturated rings. The molecule has 1 amide bonds. The van der Waals surface area contributed by atoms with E-state index in [1.54, 1.807) is 0 Å². The Labute approximate surface area is 86.0 Å². The SMILES string of the molecule is CCCCCNC(=O)C1N=CCC1C. The van der Waals surface area contributed by atoms with Crippen LogP contribution < -0.4 is 5.32 Å². The molecular weight excluding hydrogens is 176 g/mol. The highest BCUT2D eigenvalue weighted by Crippen LogP contribution is 2.16. The first-order chi connectivity index (χ1) is 6.75. The molecule has 14 heavy (non-hydrogen) atoms. The van der Waals surface area contributed by atoms with Gasteiger partial charge in [0.2, 0.25) is 5.91 Å². The van der Waals surface area contributed by atoms with Crippen molar-refractivity contribution in [1.82, 2.24) is 5.32 Å². The molecule has 2 unspecified atom stereocenters. The summed E-state index contributed by atoms with van der Waals surface area (Å²) in [6.07, 6.45) is 6.25. The number of amides is 1. The number of hydrogen-bond acceptors (Lipinski definition) is 2. The van der Waals surface area contributed by atoms with Crippen molar-refractivity contribution >= 4 is 12.1 Å². The highest BCUT2D eigenvalue weighted by atomic mass is 16.2. The van der Waals surface area contributed by atoms with Crippen molar-refractivity contribution in [3.8, 4) is 0 Å². The summed E-state index contributed by atoms with van der Waals surface area (Å²) in [7, 11) is 0. The number of hydrogen-bond donors (Lipinski definition) is 1. The van der Waals surface area contributed by atoms with Crippen LogP contribution in [0.25, 0.3) is 0 Å². The van der Waals surface area contributed by atoms with E-state index in [1.807, 2.05) is 6.21 Å². The Morgan fingerprint density at radius 3 is 2.93 bits per heavy atom. The Kier molecular flexibility index (Phi) is 4.63. The number of nitrogens with zero attached hydrogens (tertiary/aromatic N) is 1. The molecule has 2 atom stereocenters. The van der Waals surface area contributed by atoms with Gasteiger partial charge in [0.1, 0.15) is 6.04 Å². The summed E-state index contributed by atoms with van der Waals surface area (Å²) in [4.78, 5) is 15.8. The number of nitrogens with one attached hydrogen (secondary N) is 1. The van der Waals surface area contributed by atoms with Crippen LogP contribution in [-0.2, 0) is 4.79 Å². The van der Waals surface area contributed by atoms with Crippen molar-refractivity contribution < 1.29 is 4.79 Å². The molecule has 1 aliphatic rings. The Balaban J connectivity index is 2.18. The molecular formula is C11H20N2O. The molecule has 80 valence electrons. The third-order valence-electron chi connectivity index (χ3n) is 2.63. The van der Waals surface area contributed by atoms with Crippen LogP contribution in [0.15, 0.2) is 4.99 Å². The predicted octanol–water partition coefficient (Wildman–Crippen LogP) is 1.77. The maximum absolute atomic E-state index is 11.6. The second-order valence-corrected chi connectivity index (χ2v) is 3.99. The van der Waals surface area contributed by atoms with Crippen LogP contribution in [0.3, 0.4) is 0 Å². The van der Waals surface area contributed by atoms with Gasteiger partial charge in [-0.3, -0.25) is 9.79 Å². The molecule has 0 bridgehead atoms. The van der Waals surface area contributed by atoms with Crippen LogP contribution in [0.5, 0.6) is 0 Å². The fraction of sp³-hybridized carbons (Fsp3) is 0.818. The van der Waals surface area contributed by atoms with Gasteiger partial charge in [0.15, 0.2) is 0 Å². The van der Waals surface area contributed by atoms with Gasteiger partial charge in [0, 0.05) is 12.8 Å². The van der Waals surface area contributed by atoms with E-state index < -0.39 is 0 Å². The van der Waals surface area contributed by atoms with Crippen LogP contribution in [0.4, 0.5) is 0 Å². The lowest BCUT2D eigenvalue weighted by Crippen LogP contribution is -2.36. The minimum atomic E-state index is -0.128. The van der Waals surface area contributed by atoms with Gasteiger partial charge in [0.25, 0.3) is 0 Å². The third kappa shape index (κ3) is 3.13. The van der Waals surface area contributed by atoms with Gasteiger partial charge in [-0.1, -0.05) is 26.7 Å². The molecule has 0 aromatic rings. The maximum atomic E-state index is 11.6. The molecule has 1 heterocycles. The lowest BCUT2D eigenvalue weighted by Gasteiger charge is -2.13. The largest absolute Gasteiger partial charge is 0.354 e. The smallest absolute Gasteiger partial charge is 0.245 e. The lowest BCUT2D eigenvalue weighted by atomic mass is 10.0. The van der Waals surface area contributed by atoms with Crippen molar-refractivity contribution in [1.29, 1.82) is 0 Å². The first kappa shape index (κ1) is 11.2. The molecule has 0 aromatic heterocycles. The Morgan fingerprint density at radius 1 is 1.57 bits per heavy atom. The molecule has 0 aliphatic carbocycles. The van der Waals surface area contributed by atoms with Crippen molar-refractivity contribution in [3.05, 3.63) is 0 Å². The Morgan fingerprint density at radius 2 is 2.36 bits per heavy atom. The van der Waals surface area contributed by atoms with Crippen LogP contribution in [0.2, 0.25) is 0 Å². The van der Waals surface area contributed by atoms with E-state index >= 15 is 0 Å². The summed E-state index contributed by atoms with van der Waals surface area (Å²) < 4.78 is 0. The van der Waals surface area contributed by atoms with Crippen molar-refractivity contribution in [2.45, 2.75) is 45.6 Å². The van der Waals surface area contributed by atoms with Crippen LogP contribution in [0, 0.1) is 5.92 Å². The summed E-state index contributed by atoms with van der Waals surface area (Å²) >= 11 is 0. The van der Waals surface area contributed by atoms with E-state index in [4.69, 9.17) is 0 Å². The first-order valence-corrected chi connectivity index (χ1v) is 5.55. The van der Waals surface area contributed by atoms with Gasteiger partial charge in [-0.05, 0) is 18.8 Å². The van der Waals surface area contributed by atoms with E-state index in [9.17, 15) is 4.79 Å².